The Morgan fingerprint density at radius 3 is 2.74 bits per heavy atom. The molecule has 3 N–H and O–H groups in total. The molecule has 0 bridgehead atoms. The summed E-state index contributed by atoms with van der Waals surface area (Å²) in [5, 5.41) is 14.2. The van der Waals surface area contributed by atoms with Crippen LogP contribution in [0.25, 0.3) is 0 Å². The molecule has 1 rings (SSSR count). The molecule has 0 atom stereocenters. The van der Waals surface area contributed by atoms with Crippen molar-refractivity contribution in [3.63, 3.8) is 0 Å². The van der Waals surface area contributed by atoms with Gasteiger partial charge in [-0.15, -0.1) is 11.8 Å². The first-order valence-electron chi connectivity index (χ1n) is 5.51. The van der Waals surface area contributed by atoms with Gasteiger partial charge in [0.15, 0.2) is 0 Å². The number of hydrogen-bond donors (Lipinski definition) is 3. The fourth-order valence-corrected chi connectivity index (χ4v) is 1.56. The molecule has 6 heteroatoms. The zero-order valence-corrected chi connectivity index (χ0v) is 11.0. The van der Waals surface area contributed by atoms with Crippen molar-refractivity contribution in [1.82, 2.24) is 5.32 Å². The number of carbonyl (C=O) groups excluding carboxylic acids is 1. The minimum absolute atomic E-state index is 0.0136. The van der Waals surface area contributed by atoms with Gasteiger partial charge in [0.1, 0.15) is 0 Å². The molecule has 5 nitrogen and oxygen atoms in total. The van der Waals surface area contributed by atoms with Crippen LogP contribution >= 0.6 is 11.6 Å². The van der Waals surface area contributed by atoms with Crippen LogP contribution in [0.4, 0.5) is 10.5 Å². The monoisotopic (exact) mass is 280 g/mol. The number of benzene rings is 1. The van der Waals surface area contributed by atoms with E-state index in [1.54, 1.807) is 6.92 Å². The summed E-state index contributed by atoms with van der Waals surface area (Å²) in [6.07, 6.45) is 0.555. The molecule has 2 amide bonds. The Balaban J connectivity index is 2.62. The van der Waals surface area contributed by atoms with Crippen LogP contribution in [0.15, 0.2) is 18.2 Å². The van der Waals surface area contributed by atoms with Gasteiger partial charge in [0.05, 0.1) is 5.56 Å². The molecule has 0 unspecified atom stereocenters. The fraction of sp³-hybridized carbons (Fsp3) is 0.231. The number of rotatable bonds is 4. The lowest BCUT2D eigenvalue weighted by atomic mass is 10.2. The molecule has 1 aromatic carbocycles. The topological polar surface area (TPSA) is 78.4 Å². The van der Waals surface area contributed by atoms with E-state index in [2.05, 4.69) is 22.5 Å². The van der Waals surface area contributed by atoms with Crippen molar-refractivity contribution in [3.8, 4) is 11.8 Å². The summed E-state index contributed by atoms with van der Waals surface area (Å²) in [5.74, 6) is 4.42. The summed E-state index contributed by atoms with van der Waals surface area (Å²) < 4.78 is 0. The van der Waals surface area contributed by atoms with E-state index >= 15 is 0 Å². The first-order valence-corrected chi connectivity index (χ1v) is 5.89. The Hall–Kier alpha value is -2.19. The maximum absolute atomic E-state index is 11.5. The number of halogens is 1. The molecule has 0 fully saturated rings. The summed E-state index contributed by atoms with van der Waals surface area (Å²) in [7, 11) is 0. The summed E-state index contributed by atoms with van der Waals surface area (Å²) in [5.41, 5.74) is 0.337. The van der Waals surface area contributed by atoms with Gasteiger partial charge in [-0.3, -0.25) is 0 Å². The lowest BCUT2D eigenvalue weighted by Gasteiger charge is -2.07. The molecule has 0 spiro atoms. The van der Waals surface area contributed by atoms with Crippen molar-refractivity contribution in [3.05, 3.63) is 28.8 Å². The fourth-order valence-electron chi connectivity index (χ4n) is 1.32. The third-order valence-electron chi connectivity index (χ3n) is 2.11. The van der Waals surface area contributed by atoms with Crippen LogP contribution < -0.4 is 10.6 Å². The highest BCUT2D eigenvalue weighted by molar-refractivity contribution is 6.31. The van der Waals surface area contributed by atoms with E-state index in [1.807, 2.05) is 0 Å². The third-order valence-corrected chi connectivity index (χ3v) is 2.33. The zero-order valence-electron chi connectivity index (χ0n) is 10.3. The minimum atomic E-state index is -1.11. The molecule has 0 aliphatic heterocycles. The molecule has 1 aromatic rings. The van der Waals surface area contributed by atoms with E-state index in [0.717, 1.165) is 0 Å². The number of carboxylic acid groups (broad SMARTS) is 1. The van der Waals surface area contributed by atoms with Crippen LogP contribution in [-0.4, -0.2) is 23.7 Å². The number of carbonyl (C=O) groups is 2. The number of anilines is 1. The van der Waals surface area contributed by atoms with Crippen LogP contribution in [-0.2, 0) is 0 Å². The van der Waals surface area contributed by atoms with Crippen LogP contribution in [0.5, 0.6) is 0 Å². The number of amides is 2. The summed E-state index contributed by atoms with van der Waals surface area (Å²) in [6.45, 7) is 2.14. The summed E-state index contributed by atoms with van der Waals surface area (Å²) in [6, 6.07) is 3.68. The van der Waals surface area contributed by atoms with Crippen LogP contribution in [0, 0.1) is 11.8 Å². The highest BCUT2D eigenvalue weighted by Gasteiger charge is 2.08. The Labute approximate surface area is 116 Å². The number of urea groups is 1. The van der Waals surface area contributed by atoms with E-state index in [4.69, 9.17) is 16.7 Å². The number of hydrogen-bond acceptors (Lipinski definition) is 2. The average Bonchev–Trinajstić information content (AvgIpc) is 2.34. The number of nitrogens with one attached hydrogen (secondary N) is 2. The molecule has 0 aliphatic carbocycles. The summed E-state index contributed by atoms with van der Waals surface area (Å²) >= 11 is 5.77. The van der Waals surface area contributed by atoms with Crippen LogP contribution in [0.2, 0.25) is 5.02 Å². The second kappa shape index (κ2) is 7.29. The Bertz CT molecular complexity index is 547. The first kappa shape index (κ1) is 14.9. The first-order chi connectivity index (χ1) is 9.02. The maximum atomic E-state index is 11.5. The van der Waals surface area contributed by atoms with Crippen LogP contribution in [0.3, 0.4) is 0 Å². The average molecular weight is 281 g/mol. The van der Waals surface area contributed by atoms with Crippen molar-refractivity contribution in [2.24, 2.45) is 0 Å². The predicted octanol–water partition coefficient (Wildman–Crippen LogP) is 2.57. The number of aromatic carboxylic acids is 1. The molecule has 0 saturated carbocycles. The molecule has 0 heterocycles. The van der Waals surface area contributed by atoms with E-state index < -0.39 is 12.0 Å². The molecule has 0 aliphatic rings. The lowest BCUT2D eigenvalue weighted by Crippen LogP contribution is -2.29. The smallest absolute Gasteiger partial charge is 0.335 e. The van der Waals surface area contributed by atoms with Crippen molar-refractivity contribution in [2.45, 2.75) is 13.3 Å². The highest BCUT2D eigenvalue weighted by Crippen LogP contribution is 2.19. The van der Waals surface area contributed by atoms with E-state index in [-0.39, 0.29) is 10.6 Å². The van der Waals surface area contributed by atoms with Gasteiger partial charge in [-0.05, 0) is 25.1 Å². The maximum Gasteiger partial charge on any atom is 0.335 e. The van der Waals surface area contributed by atoms with Crippen molar-refractivity contribution >= 4 is 29.3 Å². The molecule has 0 radical (unpaired) electrons. The van der Waals surface area contributed by atoms with E-state index in [1.165, 1.54) is 18.2 Å². The Morgan fingerprint density at radius 1 is 1.37 bits per heavy atom. The van der Waals surface area contributed by atoms with Gasteiger partial charge in [0.25, 0.3) is 0 Å². The van der Waals surface area contributed by atoms with E-state index in [0.29, 0.717) is 18.7 Å². The SMILES string of the molecule is CC#CCCNC(=O)Nc1cc(Cl)cc(C(=O)O)c1. The molecule has 0 saturated heterocycles. The van der Waals surface area contributed by atoms with Gasteiger partial charge in [0.2, 0.25) is 0 Å². The van der Waals surface area contributed by atoms with Crippen LogP contribution in [0.1, 0.15) is 23.7 Å². The summed E-state index contributed by atoms with van der Waals surface area (Å²) in [4.78, 5) is 22.3. The Morgan fingerprint density at radius 2 is 2.11 bits per heavy atom. The normalized spacial score (nSPS) is 9.16. The number of carboxylic acids is 1. The standard InChI is InChI=1S/C13H13ClN2O3/c1-2-3-4-5-15-13(19)16-11-7-9(12(17)18)6-10(14)8-11/h6-8H,4-5H2,1H3,(H,17,18)(H2,15,16,19). The lowest BCUT2D eigenvalue weighted by molar-refractivity contribution is 0.0697. The molecular formula is C13H13ClN2O3. The van der Waals surface area contributed by atoms with Crippen molar-refractivity contribution < 1.29 is 14.7 Å². The van der Waals surface area contributed by atoms with Gasteiger partial charge in [-0.25, -0.2) is 9.59 Å². The largest absolute Gasteiger partial charge is 0.478 e. The quantitative estimate of drug-likeness (QED) is 0.586. The van der Waals surface area contributed by atoms with Gasteiger partial charge in [0, 0.05) is 23.7 Å². The van der Waals surface area contributed by atoms with Gasteiger partial charge in [-0.1, -0.05) is 11.6 Å². The molecule has 19 heavy (non-hydrogen) atoms. The van der Waals surface area contributed by atoms with E-state index in [9.17, 15) is 9.59 Å². The third kappa shape index (κ3) is 5.32. The Kier molecular flexibility index (Phi) is 5.71. The highest BCUT2D eigenvalue weighted by atomic mass is 35.5. The minimum Gasteiger partial charge on any atom is -0.478 e. The predicted molar refractivity (Wildman–Crippen MR) is 73.5 cm³/mol. The second-order valence-electron chi connectivity index (χ2n) is 3.59. The van der Waals surface area contributed by atoms with Crippen molar-refractivity contribution in [2.75, 3.05) is 11.9 Å². The van der Waals surface area contributed by atoms with Gasteiger partial charge >= 0.3 is 12.0 Å². The zero-order chi connectivity index (χ0) is 14.3. The molecular weight excluding hydrogens is 268 g/mol. The van der Waals surface area contributed by atoms with Gasteiger partial charge < -0.3 is 15.7 Å². The molecule has 0 aromatic heterocycles. The van der Waals surface area contributed by atoms with Crippen molar-refractivity contribution in [1.29, 1.82) is 0 Å². The molecule has 100 valence electrons. The second-order valence-corrected chi connectivity index (χ2v) is 4.03. The van der Waals surface area contributed by atoms with Gasteiger partial charge in [-0.2, -0.15) is 0 Å².